The Morgan fingerprint density at radius 1 is 1.11 bits per heavy atom. The minimum absolute atomic E-state index is 0.0584. The lowest BCUT2D eigenvalue weighted by atomic mass is 9.98. The van der Waals surface area contributed by atoms with Crippen molar-refractivity contribution in [2.45, 2.75) is 77.5 Å². The van der Waals surface area contributed by atoms with E-state index in [0.29, 0.717) is 31.4 Å². The van der Waals surface area contributed by atoms with Crippen LogP contribution in [0.2, 0.25) is 0 Å². The Bertz CT molecular complexity index is 904. The fourth-order valence-corrected chi connectivity index (χ4v) is 4.06. The van der Waals surface area contributed by atoms with Crippen molar-refractivity contribution in [3.8, 4) is 5.75 Å². The Balaban J connectivity index is 2.24. The van der Waals surface area contributed by atoms with Gasteiger partial charge in [0.2, 0.25) is 17.7 Å². The number of carbonyl (C=O) groups excluding carboxylic acids is 3. The number of nitrogens with two attached hydrogens (primary N) is 1. The highest BCUT2D eigenvalue weighted by molar-refractivity contribution is 5.94. The highest BCUT2D eigenvalue weighted by atomic mass is 16.4. The summed E-state index contributed by atoms with van der Waals surface area (Å²) in [5.74, 6) is -2.93. The van der Waals surface area contributed by atoms with Crippen LogP contribution in [0.4, 0.5) is 0 Å². The van der Waals surface area contributed by atoms with E-state index < -0.39 is 42.0 Å². The topological polar surface area (TPSA) is 162 Å². The van der Waals surface area contributed by atoms with Crippen molar-refractivity contribution < 1.29 is 29.4 Å². The standard InChI is InChI=1S/C25H38N4O6/c1-5-15(4)21(25(34)35)28-22(31)18(13-16-8-10-17(30)11-9-16)27-23(32)19-7-6-12-29(19)24(33)20(26)14(2)3/h8-11,14-15,18-21,30H,5-7,12-13,26H2,1-4H3,(H,27,32)(H,28,31)(H,34,35). The van der Waals surface area contributed by atoms with E-state index in [4.69, 9.17) is 5.73 Å². The van der Waals surface area contributed by atoms with Crippen LogP contribution in [-0.2, 0) is 25.6 Å². The molecular weight excluding hydrogens is 452 g/mol. The molecule has 0 aliphatic carbocycles. The van der Waals surface area contributed by atoms with E-state index in [-0.39, 0.29) is 29.9 Å². The summed E-state index contributed by atoms with van der Waals surface area (Å²) in [5.41, 5.74) is 6.69. The summed E-state index contributed by atoms with van der Waals surface area (Å²) in [6, 6.07) is 2.51. The number of carboxylic acid groups (broad SMARTS) is 1. The molecule has 10 nitrogen and oxygen atoms in total. The molecule has 5 unspecified atom stereocenters. The van der Waals surface area contributed by atoms with Crippen molar-refractivity contribution in [2.75, 3.05) is 6.54 Å². The van der Waals surface area contributed by atoms with Gasteiger partial charge in [0.1, 0.15) is 23.9 Å². The average molecular weight is 491 g/mol. The molecule has 1 aromatic carbocycles. The van der Waals surface area contributed by atoms with Crippen molar-refractivity contribution in [1.29, 1.82) is 0 Å². The molecule has 0 saturated carbocycles. The van der Waals surface area contributed by atoms with Crippen molar-refractivity contribution in [3.05, 3.63) is 29.8 Å². The first-order valence-electron chi connectivity index (χ1n) is 12.1. The van der Waals surface area contributed by atoms with Crippen LogP contribution in [0.15, 0.2) is 24.3 Å². The number of phenols is 1. The number of aromatic hydroxyl groups is 1. The number of hydrogen-bond acceptors (Lipinski definition) is 6. The van der Waals surface area contributed by atoms with Crippen LogP contribution < -0.4 is 16.4 Å². The second-order valence-electron chi connectivity index (χ2n) is 9.60. The van der Waals surface area contributed by atoms with Crippen molar-refractivity contribution in [3.63, 3.8) is 0 Å². The number of nitrogens with one attached hydrogen (secondary N) is 2. The number of aliphatic carboxylic acids is 1. The van der Waals surface area contributed by atoms with Gasteiger partial charge in [0, 0.05) is 13.0 Å². The molecule has 0 aromatic heterocycles. The number of likely N-dealkylation sites (tertiary alicyclic amines) is 1. The molecule has 6 N–H and O–H groups in total. The first-order chi connectivity index (χ1) is 16.5. The van der Waals surface area contributed by atoms with Crippen molar-refractivity contribution in [2.24, 2.45) is 17.6 Å². The van der Waals surface area contributed by atoms with E-state index in [2.05, 4.69) is 10.6 Å². The van der Waals surface area contributed by atoms with E-state index in [0.717, 1.165) is 0 Å². The Hall–Kier alpha value is -3.14. The minimum Gasteiger partial charge on any atom is -0.508 e. The molecule has 1 aliphatic heterocycles. The summed E-state index contributed by atoms with van der Waals surface area (Å²) in [6.45, 7) is 7.63. The third kappa shape index (κ3) is 7.42. The van der Waals surface area contributed by atoms with E-state index in [1.165, 1.54) is 17.0 Å². The minimum atomic E-state index is -1.15. The van der Waals surface area contributed by atoms with Crippen LogP contribution in [0.5, 0.6) is 5.75 Å². The molecule has 0 spiro atoms. The Labute approximate surface area is 206 Å². The van der Waals surface area contributed by atoms with Gasteiger partial charge in [-0.2, -0.15) is 0 Å². The normalized spacial score (nSPS) is 19.0. The molecule has 2 rings (SSSR count). The third-order valence-corrected chi connectivity index (χ3v) is 6.63. The predicted octanol–water partition coefficient (Wildman–Crippen LogP) is 1.01. The molecule has 10 heteroatoms. The second-order valence-corrected chi connectivity index (χ2v) is 9.60. The van der Waals surface area contributed by atoms with Gasteiger partial charge in [0.05, 0.1) is 6.04 Å². The van der Waals surface area contributed by atoms with Gasteiger partial charge in [-0.1, -0.05) is 46.2 Å². The summed E-state index contributed by atoms with van der Waals surface area (Å²) in [5, 5.41) is 24.4. The van der Waals surface area contributed by atoms with Gasteiger partial charge < -0.3 is 31.5 Å². The zero-order valence-corrected chi connectivity index (χ0v) is 20.9. The molecule has 194 valence electrons. The highest BCUT2D eigenvalue weighted by Crippen LogP contribution is 2.20. The number of nitrogens with zero attached hydrogens (tertiary/aromatic N) is 1. The van der Waals surface area contributed by atoms with Crippen LogP contribution in [0.1, 0.15) is 52.5 Å². The lowest BCUT2D eigenvalue weighted by Gasteiger charge is -2.30. The summed E-state index contributed by atoms with van der Waals surface area (Å²) in [6.07, 6.45) is 1.71. The highest BCUT2D eigenvalue weighted by Gasteiger charge is 2.38. The summed E-state index contributed by atoms with van der Waals surface area (Å²) >= 11 is 0. The summed E-state index contributed by atoms with van der Waals surface area (Å²) in [4.78, 5) is 52.4. The smallest absolute Gasteiger partial charge is 0.326 e. The van der Waals surface area contributed by atoms with Crippen LogP contribution >= 0.6 is 0 Å². The van der Waals surface area contributed by atoms with E-state index in [9.17, 15) is 29.4 Å². The lowest BCUT2D eigenvalue weighted by Crippen LogP contribution is -2.58. The number of rotatable bonds is 11. The van der Waals surface area contributed by atoms with E-state index >= 15 is 0 Å². The zero-order valence-electron chi connectivity index (χ0n) is 20.9. The largest absolute Gasteiger partial charge is 0.508 e. The Morgan fingerprint density at radius 3 is 2.29 bits per heavy atom. The van der Waals surface area contributed by atoms with Crippen molar-refractivity contribution in [1.82, 2.24) is 15.5 Å². The molecule has 5 atom stereocenters. The van der Waals surface area contributed by atoms with Crippen molar-refractivity contribution >= 4 is 23.7 Å². The monoisotopic (exact) mass is 490 g/mol. The number of amides is 3. The van der Waals surface area contributed by atoms with Crippen LogP contribution in [-0.4, -0.2) is 69.5 Å². The Morgan fingerprint density at radius 2 is 1.74 bits per heavy atom. The molecular formula is C25H38N4O6. The second kappa shape index (κ2) is 12.5. The van der Waals surface area contributed by atoms with Gasteiger partial charge in [0.15, 0.2) is 0 Å². The predicted molar refractivity (Wildman–Crippen MR) is 130 cm³/mol. The lowest BCUT2D eigenvalue weighted by molar-refractivity contribution is -0.144. The Kier molecular flexibility index (Phi) is 10.1. The number of benzene rings is 1. The first-order valence-corrected chi connectivity index (χ1v) is 12.1. The van der Waals surface area contributed by atoms with E-state index in [1.807, 2.05) is 20.8 Å². The van der Waals surface area contributed by atoms with Crippen LogP contribution in [0.3, 0.4) is 0 Å². The number of carboxylic acids is 1. The molecule has 3 amide bonds. The summed E-state index contributed by atoms with van der Waals surface area (Å²) < 4.78 is 0. The van der Waals surface area contributed by atoms with Gasteiger partial charge in [-0.3, -0.25) is 14.4 Å². The van der Waals surface area contributed by atoms with Gasteiger partial charge >= 0.3 is 5.97 Å². The molecule has 1 aromatic rings. The number of phenolic OH excluding ortho intramolecular Hbond substituents is 1. The van der Waals surface area contributed by atoms with E-state index in [1.54, 1.807) is 19.1 Å². The zero-order chi connectivity index (χ0) is 26.3. The molecule has 1 saturated heterocycles. The van der Waals surface area contributed by atoms with Gasteiger partial charge in [0.25, 0.3) is 0 Å². The quantitative estimate of drug-likeness (QED) is 0.309. The maximum Gasteiger partial charge on any atom is 0.326 e. The average Bonchev–Trinajstić information content (AvgIpc) is 3.31. The maximum absolute atomic E-state index is 13.2. The molecule has 0 radical (unpaired) electrons. The fourth-order valence-electron chi connectivity index (χ4n) is 4.06. The summed E-state index contributed by atoms with van der Waals surface area (Å²) in [7, 11) is 0. The molecule has 1 aliphatic rings. The van der Waals surface area contributed by atoms with Crippen LogP contribution in [0, 0.1) is 11.8 Å². The van der Waals surface area contributed by atoms with Crippen LogP contribution in [0.25, 0.3) is 0 Å². The fraction of sp³-hybridized carbons (Fsp3) is 0.600. The van der Waals surface area contributed by atoms with Gasteiger partial charge in [-0.15, -0.1) is 0 Å². The molecule has 35 heavy (non-hydrogen) atoms. The molecule has 1 heterocycles. The van der Waals surface area contributed by atoms with Gasteiger partial charge in [-0.25, -0.2) is 4.79 Å². The molecule has 1 fully saturated rings. The molecule has 0 bridgehead atoms. The first kappa shape index (κ1) is 28.1. The maximum atomic E-state index is 13.2. The van der Waals surface area contributed by atoms with Gasteiger partial charge in [-0.05, 0) is 42.4 Å². The SMILES string of the molecule is CCC(C)C(NC(=O)C(Cc1ccc(O)cc1)NC(=O)C1CCCN1C(=O)C(N)C(C)C)C(=O)O. The third-order valence-electron chi connectivity index (χ3n) is 6.63. The number of hydrogen-bond donors (Lipinski definition) is 5. The number of carbonyl (C=O) groups is 4.